The van der Waals surface area contributed by atoms with Crippen LogP contribution in [0.1, 0.15) is 37.7 Å². The SMILES string of the molecule is CCN(C(=O)Oc1ccc(F)cc1)[C@]1(C(=O)C2CCN(C(=O)C3CC3(F)F)CC2)CNC[C@H]1c1ccc(Cl)c(F)c1. The van der Waals surface area contributed by atoms with Gasteiger partial charge in [-0.05, 0) is 61.7 Å². The summed E-state index contributed by atoms with van der Waals surface area (Å²) in [6.45, 7) is 2.33. The van der Waals surface area contributed by atoms with E-state index in [-0.39, 0.29) is 62.1 Å². The van der Waals surface area contributed by atoms with Crippen molar-refractivity contribution in [1.82, 2.24) is 15.1 Å². The van der Waals surface area contributed by atoms with E-state index < -0.39 is 59.3 Å². The van der Waals surface area contributed by atoms with Crippen LogP contribution in [0.5, 0.6) is 5.75 Å². The van der Waals surface area contributed by atoms with Gasteiger partial charge in [0.15, 0.2) is 5.78 Å². The maximum absolute atomic E-state index is 14.6. The quantitative estimate of drug-likeness (QED) is 0.455. The number of carbonyl (C=O) groups excluding carboxylic acids is 3. The van der Waals surface area contributed by atoms with Crippen molar-refractivity contribution in [3.8, 4) is 5.75 Å². The number of alkyl halides is 2. The van der Waals surface area contributed by atoms with Crippen molar-refractivity contribution < 1.29 is 36.7 Å². The number of rotatable bonds is 7. The number of ketones is 1. The lowest BCUT2D eigenvalue weighted by atomic mass is 9.71. The number of amides is 2. The second-order valence-corrected chi connectivity index (χ2v) is 11.2. The summed E-state index contributed by atoms with van der Waals surface area (Å²) < 4.78 is 60.5. The number of halogens is 5. The Kier molecular flexibility index (Phi) is 8.04. The van der Waals surface area contributed by atoms with Gasteiger partial charge in [-0.15, -0.1) is 0 Å². The minimum absolute atomic E-state index is 0.0561. The van der Waals surface area contributed by atoms with Gasteiger partial charge in [0.05, 0.1) is 5.02 Å². The van der Waals surface area contributed by atoms with Crippen LogP contribution < -0.4 is 10.1 Å². The molecule has 2 aromatic rings. The van der Waals surface area contributed by atoms with Crippen LogP contribution in [0.3, 0.4) is 0 Å². The summed E-state index contributed by atoms with van der Waals surface area (Å²) in [5.41, 5.74) is -1.03. The van der Waals surface area contributed by atoms with E-state index in [0.29, 0.717) is 5.56 Å². The molecule has 41 heavy (non-hydrogen) atoms. The summed E-state index contributed by atoms with van der Waals surface area (Å²) in [5.74, 6) is -7.53. The molecule has 2 heterocycles. The molecule has 0 bridgehead atoms. The molecule has 1 N–H and O–H groups in total. The van der Waals surface area contributed by atoms with Crippen molar-refractivity contribution >= 4 is 29.4 Å². The Balaban J connectivity index is 1.45. The van der Waals surface area contributed by atoms with Gasteiger partial charge in [-0.1, -0.05) is 17.7 Å². The highest BCUT2D eigenvalue weighted by Gasteiger charge is 2.63. The number of hydrogen-bond acceptors (Lipinski definition) is 5. The van der Waals surface area contributed by atoms with E-state index in [0.717, 1.165) is 12.1 Å². The normalized spacial score (nSPS) is 25.6. The first-order chi connectivity index (χ1) is 19.5. The van der Waals surface area contributed by atoms with E-state index in [1.807, 2.05) is 0 Å². The summed E-state index contributed by atoms with van der Waals surface area (Å²) >= 11 is 5.92. The molecule has 0 radical (unpaired) electrons. The Hall–Kier alpha value is -3.18. The lowest BCUT2D eigenvalue weighted by molar-refractivity contribution is -0.141. The van der Waals surface area contributed by atoms with Gasteiger partial charge >= 0.3 is 6.09 Å². The van der Waals surface area contributed by atoms with Gasteiger partial charge in [-0.2, -0.15) is 0 Å². The molecule has 2 aliphatic heterocycles. The maximum atomic E-state index is 14.6. The van der Waals surface area contributed by atoms with Gasteiger partial charge in [0, 0.05) is 51.0 Å². The molecule has 0 aromatic heterocycles. The molecule has 3 aliphatic rings. The highest BCUT2D eigenvalue weighted by atomic mass is 35.5. The third kappa shape index (κ3) is 5.53. The van der Waals surface area contributed by atoms with Crippen LogP contribution in [0.25, 0.3) is 0 Å². The Bertz CT molecular complexity index is 1340. The first-order valence-corrected chi connectivity index (χ1v) is 14.0. The average molecular weight is 596 g/mol. The second kappa shape index (κ2) is 11.2. The fourth-order valence-corrected chi connectivity index (χ4v) is 6.26. The lowest BCUT2D eigenvalue weighted by Crippen LogP contribution is -2.64. The van der Waals surface area contributed by atoms with E-state index in [1.165, 1.54) is 34.1 Å². The first kappa shape index (κ1) is 29.3. The zero-order valence-electron chi connectivity index (χ0n) is 22.3. The molecule has 2 amide bonds. The van der Waals surface area contributed by atoms with Crippen molar-refractivity contribution in [2.24, 2.45) is 11.8 Å². The van der Waals surface area contributed by atoms with Gasteiger partial charge in [0.1, 0.15) is 28.8 Å². The summed E-state index contributed by atoms with van der Waals surface area (Å²) in [6.07, 6.45) is -0.826. The standard InChI is InChI=1S/C29H30ClF4N3O4/c1-2-37(27(40)41-20-6-4-19(31)5-7-20)28(16-35-15-22(28)18-3-8-23(30)24(32)13-18)25(38)17-9-11-36(12-10-17)26(39)21-14-29(21,33)34/h3-8,13,17,21-22,35H,2,9-12,14-16H2,1H3/t21?,22-,28+/m0/s1. The van der Waals surface area contributed by atoms with E-state index in [2.05, 4.69) is 5.32 Å². The molecular weight excluding hydrogens is 566 g/mol. The van der Waals surface area contributed by atoms with Crippen molar-refractivity contribution in [3.05, 3.63) is 64.7 Å². The number of Topliss-reactive ketones (excluding diaryl/α,β-unsaturated/α-hetero) is 1. The van der Waals surface area contributed by atoms with E-state index in [1.54, 1.807) is 13.0 Å². The molecule has 220 valence electrons. The van der Waals surface area contributed by atoms with Gasteiger partial charge in [-0.25, -0.2) is 22.4 Å². The van der Waals surface area contributed by atoms with E-state index in [4.69, 9.17) is 16.3 Å². The zero-order chi connectivity index (χ0) is 29.5. The molecule has 7 nitrogen and oxygen atoms in total. The third-order valence-corrected chi connectivity index (χ3v) is 8.74. The molecule has 1 unspecified atom stereocenters. The van der Waals surface area contributed by atoms with Crippen LogP contribution >= 0.6 is 11.6 Å². The fourth-order valence-electron chi connectivity index (χ4n) is 6.15. The van der Waals surface area contributed by atoms with Crippen LogP contribution in [-0.4, -0.2) is 71.8 Å². The van der Waals surface area contributed by atoms with Gasteiger partial charge < -0.3 is 15.0 Å². The molecule has 3 atom stereocenters. The molecular formula is C29H30ClF4N3O4. The lowest BCUT2D eigenvalue weighted by Gasteiger charge is -2.45. The van der Waals surface area contributed by atoms with Crippen molar-refractivity contribution in [1.29, 1.82) is 0 Å². The minimum atomic E-state index is -2.98. The molecule has 0 spiro atoms. The third-order valence-electron chi connectivity index (χ3n) is 8.43. The van der Waals surface area contributed by atoms with E-state index in [9.17, 15) is 31.9 Å². The van der Waals surface area contributed by atoms with Crippen molar-refractivity contribution in [2.75, 3.05) is 32.7 Å². The molecule has 2 saturated heterocycles. The maximum Gasteiger partial charge on any atom is 0.416 e. The average Bonchev–Trinajstić information content (AvgIpc) is 3.38. The number of piperidine rings is 1. The van der Waals surface area contributed by atoms with Crippen molar-refractivity contribution in [2.45, 2.75) is 43.6 Å². The number of likely N-dealkylation sites (tertiary alicyclic amines) is 1. The smallest absolute Gasteiger partial charge is 0.410 e. The predicted molar refractivity (Wildman–Crippen MR) is 142 cm³/mol. The highest BCUT2D eigenvalue weighted by Crippen LogP contribution is 2.50. The second-order valence-electron chi connectivity index (χ2n) is 10.8. The fraction of sp³-hybridized carbons (Fsp3) is 0.483. The number of nitrogens with one attached hydrogen (secondary N) is 1. The van der Waals surface area contributed by atoms with Crippen LogP contribution in [0.15, 0.2) is 42.5 Å². The highest BCUT2D eigenvalue weighted by molar-refractivity contribution is 6.30. The van der Waals surface area contributed by atoms with Gasteiger partial charge in [0.25, 0.3) is 5.92 Å². The Morgan fingerprint density at radius 3 is 2.34 bits per heavy atom. The van der Waals surface area contributed by atoms with Gasteiger partial charge in [-0.3, -0.25) is 14.5 Å². The number of benzene rings is 2. The summed E-state index contributed by atoms with van der Waals surface area (Å²) in [7, 11) is 0. The van der Waals surface area contributed by atoms with Gasteiger partial charge in [0.2, 0.25) is 5.91 Å². The number of ether oxygens (including phenoxy) is 1. The summed E-state index contributed by atoms with van der Waals surface area (Å²) in [4.78, 5) is 43.3. The molecule has 2 aromatic carbocycles. The Labute approximate surface area is 239 Å². The molecule has 12 heteroatoms. The monoisotopic (exact) mass is 595 g/mol. The van der Waals surface area contributed by atoms with Crippen LogP contribution in [0, 0.1) is 23.5 Å². The zero-order valence-corrected chi connectivity index (χ0v) is 23.1. The topological polar surface area (TPSA) is 79.0 Å². The van der Waals surface area contributed by atoms with Crippen LogP contribution in [0.2, 0.25) is 5.02 Å². The summed E-state index contributed by atoms with van der Waals surface area (Å²) in [6, 6.07) is 9.13. The van der Waals surface area contributed by atoms with Crippen molar-refractivity contribution in [3.63, 3.8) is 0 Å². The number of carbonyl (C=O) groups is 3. The molecule has 3 fully saturated rings. The predicted octanol–water partition coefficient (Wildman–Crippen LogP) is 5.03. The van der Waals surface area contributed by atoms with Crippen LogP contribution in [-0.2, 0) is 9.59 Å². The number of hydrogen-bond donors (Lipinski definition) is 1. The summed E-state index contributed by atoms with van der Waals surface area (Å²) in [5, 5.41) is 3.11. The Morgan fingerprint density at radius 2 is 1.76 bits per heavy atom. The number of likely N-dealkylation sites (N-methyl/N-ethyl adjacent to an activating group) is 1. The number of nitrogens with zero attached hydrogens (tertiary/aromatic N) is 2. The minimum Gasteiger partial charge on any atom is -0.410 e. The Morgan fingerprint density at radius 1 is 1.10 bits per heavy atom. The van der Waals surface area contributed by atoms with E-state index >= 15 is 0 Å². The van der Waals surface area contributed by atoms with Crippen LogP contribution in [0.4, 0.5) is 22.4 Å². The molecule has 1 aliphatic carbocycles. The molecule has 1 saturated carbocycles. The first-order valence-electron chi connectivity index (χ1n) is 13.6. The largest absolute Gasteiger partial charge is 0.416 e. The molecule has 5 rings (SSSR count).